The van der Waals surface area contributed by atoms with E-state index in [1.807, 2.05) is 0 Å². The van der Waals surface area contributed by atoms with Crippen molar-refractivity contribution in [1.82, 2.24) is 9.55 Å². The van der Waals surface area contributed by atoms with Crippen molar-refractivity contribution in [3.63, 3.8) is 0 Å². The van der Waals surface area contributed by atoms with Crippen LogP contribution in [0.4, 0.5) is 0 Å². The van der Waals surface area contributed by atoms with Gasteiger partial charge in [-0.1, -0.05) is 5.92 Å². The normalized spacial score (nSPS) is 22.9. The molecule has 2 rings (SSSR count). The summed E-state index contributed by atoms with van der Waals surface area (Å²) in [5.41, 5.74) is -1.77. The van der Waals surface area contributed by atoms with Crippen molar-refractivity contribution in [3.8, 4) is 12.3 Å². The van der Waals surface area contributed by atoms with Crippen LogP contribution in [0.3, 0.4) is 0 Å². The summed E-state index contributed by atoms with van der Waals surface area (Å²) < 4.78 is 33.4. The fourth-order valence-electron chi connectivity index (χ4n) is 2.48. The van der Waals surface area contributed by atoms with E-state index in [0.717, 1.165) is 0 Å². The first kappa shape index (κ1) is 22.5. The predicted molar refractivity (Wildman–Crippen MR) is 96.3 cm³/mol. The topological polar surface area (TPSA) is 149 Å². The van der Waals surface area contributed by atoms with E-state index in [-0.39, 0.29) is 13.2 Å². The third-order valence-electron chi connectivity index (χ3n) is 4.09. The van der Waals surface area contributed by atoms with Crippen LogP contribution in [0.25, 0.3) is 0 Å². The number of rotatable bonds is 8. The Balaban J connectivity index is 2.15. The molecule has 156 valence electrons. The molecule has 1 saturated heterocycles. The molecule has 28 heavy (non-hydrogen) atoms. The number of hydrogen-bond acceptors (Lipinski definition) is 7. The molecule has 11 nitrogen and oxygen atoms in total. The van der Waals surface area contributed by atoms with Crippen molar-refractivity contribution in [1.29, 1.82) is 0 Å². The highest BCUT2D eigenvalue weighted by atomic mass is 31.2. The number of hydrogen-bond donors (Lipinski definition) is 3. The van der Waals surface area contributed by atoms with Gasteiger partial charge >= 0.3 is 13.5 Å². The lowest BCUT2D eigenvalue weighted by Gasteiger charge is -2.22. The summed E-state index contributed by atoms with van der Waals surface area (Å²) in [5.74, 6) is 2.44. The third kappa shape index (κ3) is 6.12. The third-order valence-corrected chi connectivity index (χ3v) is 4.58. The summed E-state index contributed by atoms with van der Waals surface area (Å²) in [6, 6.07) is 0. The number of nitrogens with one attached hydrogen (secondary N) is 1. The van der Waals surface area contributed by atoms with Crippen molar-refractivity contribution >= 4 is 7.82 Å². The molecule has 0 aliphatic carbocycles. The summed E-state index contributed by atoms with van der Waals surface area (Å²) >= 11 is 0. The first-order valence-electron chi connectivity index (χ1n) is 8.33. The van der Waals surface area contributed by atoms with E-state index in [1.54, 1.807) is 13.8 Å². The molecule has 0 spiro atoms. The standard InChI is InChI=1S/C16H23N2O9P/c1-5-16(3,4)25-9-24-11-6-13(27-12(11)8-26-28(21,22)23)18-7-10(2)14(19)17-15(18)20/h1,7,11-13H,6,8-9H2,2-4H3,(H,17,19,20)(H2,21,22,23)/t11?,12-,13-/m1/s1. The fourth-order valence-corrected chi connectivity index (χ4v) is 2.82. The smallest absolute Gasteiger partial charge is 0.349 e. The molecule has 3 atom stereocenters. The monoisotopic (exact) mass is 418 g/mol. The van der Waals surface area contributed by atoms with Crippen molar-refractivity contribution in [2.75, 3.05) is 13.4 Å². The molecule has 0 bridgehead atoms. The second-order valence-electron chi connectivity index (χ2n) is 6.75. The molecule has 2 heterocycles. The van der Waals surface area contributed by atoms with Crippen molar-refractivity contribution in [2.45, 2.75) is 51.2 Å². The van der Waals surface area contributed by atoms with Gasteiger partial charge in [0.15, 0.2) is 0 Å². The lowest BCUT2D eigenvalue weighted by atomic mass is 10.1. The first-order chi connectivity index (χ1) is 12.9. The van der Waals surface area contributed by atoms with Crippen LogP contribution in [0, 0.1) is 19.3 Å². The zero-order valence-corrected chi connectivity index (χ0v) is 16.5. The molecule has 1 aromatic rings. The zero-order chi connectivity index (χ0) is 21.1. The van der Waals surface area contributed by atoms with Crippen molar-refractivity contribution in [2.24, 2.45) is 0 Å². The Morgan fingerprint density at radius 3 is 2.75 bits per heavy atom. The highest BCUT2D eigenvalue weighted by molar-refractivity contribution is 7.46. The van der Waals surface area contributed by atoms with E-state index < -0.39 is 49.7 Å². The van der Waals surface area contributed by atoms with Gasteiger partial charge in [-0.3, -0.25) is 18.9 Å². The Kier molecular flexibility index (Phi) is 7.01. The quantitative estimate of drug-likeness (QED) is 0.301. The number of aryl methyl sites for hydroxylation is 1. The maximum Gasteiger partial charge on any atom is 0.469 e. The summed E-state index contributed by atoms with van der Waals surface area (Å²) in [6.45, 7) is 4.19. The Hall–Kier alpha value is -1.77. The van der Waals surface area contributed by atoms with E-state index in [4.69, 9.17) is 30.4 Å². The molecule has 0 saturated carbocycles. The van der Waals surface area contributed by atoms with Crippen LogP contribution in [0.5, 0.6) is 0 Å². The minimum Gasteiger partial charge on any atom is -0.349 e. The molecule has 0 radical (unpaired) electrons. The lowest BCUT2D eigenvalue weighted by molar-refractivity contribution is -0.146. The summed E-state index contributed by atoms with van der Waals surface area (Å²) in [7, 11) is -4.73. The Bertz CT molecular complexity index is 895. The molecule has 1 unspecified atom stereocenters. The summed E-state index contributed by atoms with van der Waals surface area (Å²) in [4.78, 5) is 43.6. The van der Waals surface area contributed by atoms with Crippen LogP contribution in [-0.2, 0) is 23.3 Å². The van der Waals surface area contributed by atoms with Crippen LogP contribution in [0.15, 0.2) is 15.8 Å². The number of ether oxygens (including phenoxy) is 3. The predicted octanol–water partition coefficient (Wildman–Crippen LogP) is 0.0129. The second kappa shape index (κ2) is 8.71. The number of aromatic nitrogens is 2. The van der Waals surface area contributed by atoms with Crippen LogP contribution in [-0.4, -0.2) is 50.5 Å². The number of H-pyrrole nitrogens is 1. The molecule has 1 aromatic heterocycles. The maximum atomic E-state index is 12.1. The summed E-state index contributed by atoms with van der Waals surface area (Å²) in [5, 5.41) is 0. The Morgan fingerprint density at radius 1 is 1.46 bits per heavy atom. The van der Waals surface area contributed by atoms with Crippen LogP contribution in [0.2, 0.25) is 0 Å². The van der Waals surface area contributed by atoms with Gasteiger partial charge in [-0.25, -0.2) is 9.36 Å². The minimum absolute atomic E-state index is 0.153. The molecule has 1 aliphatic heterocycles. The molecule has 12 heteroatoms. The van der Waals surface area contributed by atoms with Crippen LogP contribution >= 0.6 is 7.82 Å². The summed E-state index contributed by atoms with van der Waals surface area (Å²) in [6.07, 6.45) is 4.40. The van der Waals surface area contributed by atoms with Crippen molar-refractivity contribution < 1.29 is 33.1 Å². The SMILES string of the molecule is C#CC(C)(C)OCOC1C[C@H](n2cc(C)c(=O)[nH]c2=O)O[C@@H]1COP(=O)(O)O. The molecule has 1 fully saturated rings. The Morgan fingerprint density at radius 2 is 2.14 bits per heavy atom. The fraction of sp³-hybridized carbons (Fsp3) is 0.625. The van der Waals surface area contributed by atoms with Gasteiger partial charge in [-0.05, 0) is 20.8 Å². The van der Waals surface area contributed by atoms with Crippen LogP contribution < -0.4 is 11.2 Å². The van der Waals surface area contributed by atoms with Gasteiger partial charge in [-0.15, -0.1) is 6.42 Å². The maximum absolute atomic E-state index is 12.1. The molecular formula is C16H23N2O9P. The minimum atomic E-state index is -4.73. The van der Waals surface area contributed by atoms with E-state index in [2.05, 4.69) is 15.4 Å². The molecule has 3 N–H and O–H groups in total. The number of phosphoric acid groups is 1. The van der Waals surface area contributed by atoms with Crippen LogP contribution in [0.1, 0.15) is 32.1 Å². The average molecular weight is 418 g/mol. The van der Waals surface area contributed by atoms with E-state index in [9.17, 15) is 14.2 Å². The molecule has 0 aromatic carbocycles. The Labute approximate surface area is 160 Å². The zero-order valence-electron chi connectivity index (χ0n) is 15.7. The second-order valence-corrected chi connectivity index (χ2v) is 7.99. The van der Waals surface area contributed by atoms with Gasteiger partial charge in [0.2, 0.25) is 0 Å². The van der Waals surface area contributed by atoms with Gasteiger partial charge in [0, 0.05) is 18.2 Å². The van der Waals surface area contributed by atoms with Gasteiger partial charge in [0.25, 0.3) is 5.56 Å². The number of phosphoric ester groups is 1. The molecular weight excluding hydrogens is 395 g/mol. The lowest BCUT2D eigenvalue weighted by Crippen LogP contribution is -2.33. The first-order valence-corrected chi connectivity index (χ1v) is 9.86. The van der Waals surface area contributed by atoms with Crippen molar-refractivity contribution in [3.05, 3.63) is 32.6 Å². The van der Waals surface area contributed by atoms with E-state index in [0.29, 0.717) is 5.56 Å². The number of terminal acetylenes is 1. The average Bonchev–Trinajstić information content (AvgIpc) is 2.98. The van der Waals surface area contributed by atoms with Gasteiger partial charge < -0.3 is 24.0 Å². The van der Waals surface area contributed by atoms with E-state index in [1.165, 1.54) is 17.7 Å². The molecule has 1 aliphatic rings. The highest BCUT2D eigenvalue weighted by Crippen LogP contribution is 2.38. The molecule has 0 amide bonds. The number of nitrogens with zero attached hydrogens (tertiary/aromatic N) is 1. The van der Waals surface area contributed by atoms with Gasteiger partial charge in [0.1, 0.15) is 24.7 Å². The number of aromatic amines is 1. The van der Waals surface area contributed by atoms with Gasteiger partial charge in [-0.2, -0.15) is 0 Å². The van der Waals surface area contributed by atoms with E-state index >= 15 is 0 Å². The van der Waals surface area contributed by atoms with Gasteiger partial charge in [0.05, 0.1) is 12.7 Å². The highest BCUT2D eigenvalue weighted by Gasteiger charge is 2.39. The largest absolute Gasteiger partial charge is 0.469 e.